The summed E-state index contributed by atoms with van der Waals surface area (Å²) >= 11 is 0. The molecule has 0 heterocycles. The van der Waals surface area contributed by atoms with E-state index in [0.717, 1.165) is 12.1 Å². The highest BCUT2D eigenvalue weighted by molar-refractivity contribution is 5.28. The Morgan fingerprint density at radius 3 is 2.46 bits per heavy atom. The van der Waals surface area contributed by atoms with Crippen molar-refractivity contribution >= 4 is 0 Å². The lowest BCUT2D eigenvalue weighted by Gasteiger charge is -2.08. The zero-order valence-electron chi connectivity index (χ0n) is 6.44. The van der Waals surface area contributed by atoms with Crippen molar-refractivity contribution in [1.29, 1.82) is 0 Å². The number of hydrogen-bond donors (Lipinski definition) is 0. The second-order valence-corrected chi connectivity index (χ2v) is 2.33. The molecule has 0 saturated heterocycles. The molecule has 0 aliphatic heterocycles. The maximum atomic E-state index is 12.0. The molecule has 0 amide bonds. The van der Waals surface area contributed by atoms with Gasteiger partial charge in [0.2, 0.25) is 0 Å². The van der Waals surface area contributed by atoms with Gasteiger partial charge in [-0.3, -0.25) is 0 Å². The van der Waals surface area contributed by atoms with E-state index in [2.05, 4.69) is 4.74 Å². The molecule has 0 aliphatic carbocycles. The summed E-state index contributed by atoms with van der Waals surface area (Å²) in [6.07, 6.45) is -4.73. The molecule has 0 atom stereocenters. The Hall–Kier alpha value is -1.26. The molecule has 0 fully saturated rings. The average Bonchev–Trinajstić information content (AvgIpc) is 2.01. The van der Waals surface area contributed by atoms with E-state index in [1.165, 1.54) is 12.1 Å². The van der Waals surface area contributed by atoms with Gasteiger partial charge in [0, 0.05) is 0 Å². The highest BCUT2D eigenvalue weighted by atomic mass is 19.4. The van der Waals surface area contributed by atoms with Gasteiger partial charge in [-0.1, -0.05) is 12.1 Å². The molecule has 1 aromatic carbocycles. The third-order valence-corrected chi connectivity index (χ3v) is 1.29. The van der Waals surface area contributed by atoms with Crippen LogP contribution in [-0.2, 0) is 6.67 Å². The molecule has 0 N–H and O–H groups in total. The van der Waals surface area contributed by atoms with E-state index >= 15 is 0 Å². The van der Waals surface area contributed by atoms with Crippen LogP contribution in [0.1, 0.15) is 5.56 Å². The Balaban J connectivity index is 2.78. The van der Waals surface area contributed by atoms with Crippen molar-refractivity contribution in [3.8, 4) is 5.75 Å². The largest absolute Gasteiger partial charge is 0.573 e. The second-order valence-electron chi connectivity index (χ2n) is 2.33. The first-order valence-electron chi connectivity index (χ1n) is 3.42. The number of alkyl halides is 4. The van der Waals surface area contributed by atoms with Crippen LogP contribution in [0.5, 0.6) is 5.75 Å². The van der Waals surface area contributed by atoms with Crippen LogP contribution in [0, 0.1) is 0 Å². The minimum atomic E-state index is -4.73. The second kappa shape index (κ2) is 3.64. The molecular weight excluding hydrogens is 188 g/mol. The van der Waals surface area contributed by atoms with Crippen molar-refractivity contribution < 1.29 is 22.3 Å². The van der Waals surface area contributed by atoms with Crippen molar-refractivity contribution in [3.05, 3.63) is 29.8 Å². The topological polar surface area (TPSA) is 9.23 Å². The van der Waals surface area contributed by atoms with Crippen molar-refractivity contribution in [2.75, 3.05) is 0 Å². The summed E-state index contributed by atoms with van der Waals surface area (Å²) in [5, 5.41) is 0. The summed E-state index contributed by atoms with van der Waals surface area (Å²) in [5.74, 6) is -0.400. The van der Waals surface area contributed by atoms with E-state index < -0.39 is 18.8 Å². The summed E-state index contributed by atoms with van der Waals surface area (Å²) in [4.78, 5) is 0. The van der Waals surface area contributed by atoms with E-state index in [1.807, 2.05) is 0 Å². The van der Waals surface area contributed by atoms with Crippen LogP contribution in [0.15, 0.2) is 24.3 Å². The van der Waals surface area contributed by atoms with Gasteiger partial charge in [-0.05, 0) is 17.7 Å². The molecule has 1 rings (SSSR count). The van der Waals surface area contributed by atoms with E-state index in [9.17, 15) is 17.6 Å². The highest BCUT2D eigenvalue weighted by Gasteiger charge is 2.30. The number of ether oxygens (including phenoxy) is 1. The smallest absolute Gasteiger partial charge is 0.406 e. The Morgan fingerprint density at radius 1 is 1.23 bits per heavy atom. The normalized spacial score (nSPS) is 11.4. The molecule has 1 aromatic rings. The number of halogens is 4. The molecule has 0 aliphatic rings. The molecule has 0 unspecified atom stereocenters. The minimum Gasteiger partial charge on any atom is -0.406 e. The van der Waals surface area contributed by atoms with E-state index in [-0.39, 0.29) is 5.56 Å². The quantitative estimate of drug-likeness (QED) is 0.657. The lowest BCUT2D eigenvalue weighted by atomic mass is 10.2. The average molecular weight is 194 g/mol. The molecule has 0 bridgehead atoms. The molecule has 5 heteroatoms. The first-order chi connectivity index (χ1) is 6.01. The van der Waals surface area contributed by atoms with Crippen LogP contribution in [0.4, 0.5) is 17.6 Å². The minimum absolute atomic E-state index is 0.154. The Labute approximate surface area is 71.9 Å². The Kier molecular flexibility index (Phi) is 2.75. The van der Waals surface area contributed by atoms with Crippen LogP contribution < -0.4 is 4.74 Å². The summed E-state index contributed by atoms with van der Waals surface area (Å²) in [5.41, 5.74) is 0.154. The number of hydrogen-bond acceptors (Lipinski definition) is 1. The fourth-order valence-corrected chi connectivity index (χ4v) is 0.826. The Bertz CT molecular complexity index is 282. The van der Waals surface area contributed by atoms with Crippen molar-refractivity contribution in [2.45, 2.75) is 13.0 Å². The van der Waals surface area contributed by atoms with Gasteiger partial charge in [0.25, 0.3) is 0 Å². The van der Waals surface area contributed by atoms with Crippen LogP contribution in [0.2, 0.25) is 0 Å². The van der Waals surface area contributed by atoms with E-state index in [4.69, 9.17) is 0 Å². The van der Waals surface area contributed by atoms with Crippen LogP contribution >= 0.6 is 0 Å². The predicted octanol–water partition coefficient (Wildman–Crippen LogP) is 3.05. The van der Waals surface area contributed by atoms with Gasteiger partial charge in [0.1, 0.15) is 12.4 Å². The van der Waals surface area contributed by atoms with Gasteiger partial charge in [-0.15, -0.1) is 13.2 Å². The molecule has 0 aromatic heterocycles. The standard InChI is InChI=1S/C8H6F4O/c9-5-6-2-1-3-7(4-6)13-8(10,11)12/h1-4H,5H2. The molecule has 0 spiro atoms. The van der Waals surface area contributed by atoms with Gasteiger partial charge in [0.05, 0.1) is 0 Å². The summed E-state index contributed by atoms with van der Waals surface area (Å²) in [6.45, 7) is -0.810. The summed E-state index contributed by atoms with van der Waals surface area (Å²) in [6, 6.07) is 4.80. The van der Waals surface area contributed by atoms with Gasteiger partial charge in [0.15, 0.2) is 0 Å². The number of rotatable bonds is 2. The van der Waals surface area contributed by atoms with Crippen LogP contribution in [-0.4, -0.2) is 6.36 Å². The first-order valence-corrected chi connectivity index (χ1v) is 3.42. The first kappa shape index (κ1) is 9.83. The lowest BCUT2D eigenvalue weighted by molar-refractivity contribution is -0.274. The monoisotopic (exact) mass is 194 g/mol. The van der Waals surface area contributed by atoms with Gasteiger partial charge in [-0.2, -0.15) is 0 Å². The van der Waals surface area contributed by atoms with Crippen molar-refractivity contribution in [1.82, 2.24) is 0 Å². The third kappa shape index (κ3) is 3.31. The Morgan fingerprint density at radius 2 is 1.92 bits per heavy atom. The van der Waals surface area contributed by atoms with Gasteiger partial charge in [-0.25, -0.2) is 4.39 Å². The molecular formula is C8H6F4O. The van der Waals surface area contributed by atoms with Crippen molar-refractivity contribution in [3.63, 3.8) is 0 Å². The zero-order valence-corrected chi connectivity index (χ0v) is 6.44. The molecule has 13 heavy (non-hydrogen) atoms. The predicted molar refractivity (Wildman–Crippen MR) is 37.9 cm³/mol. The summed E-state index contributed by atoms with van der Waals surface area (Å²) < 4.78 is 50.6. The molecule has 0 radical (unpaired) electrons. The fraction of sp³-hybridized carbons (Fsp3) is 0.250. The maximum absolute atomic E-state index is 12.0. The van der Waals surface area contributed by atoms with Crippen LogP contribution in [0.25, 0.3) is 0 Å². The fourth-order valence-electron chi connectivity index (χ4n) is 0.826. The SMILES string of the molecule is FCc1cccc(OC(F)(F)F)c1. The molecule has 0 saturated carbocycles. The van der Waals surface area contributed by atoms with Crippen LogP contribution in [0.3, 0.4) is 0 Å². The lowest BCUT2D eigenvalue weighted by Crippen LogP contribution is -2.17. The molecule has 72 valence electrons. The number of benzene rings is 1. The van der Waals surface area contributed by atoms with Gasteiger partial charge >= 0.3 is 6.36 Å². The van der Waals surface area contributed by atoms with E-state index in [0.29, 0.717) is 0 Å². The third-order valence-electron chi connectivity index (χ3n) is 1.29. The van der Waals surface area contributed by atoms with Crippen molar-refractivity contribution in [2.24, 2.45) is 0 Å². The highest BCUT2D eigenvalue weighted by Crippen LogP contribution is 2.23. The van der Waals surface area contributed by atoms with E-state index in [1.54, 1.807) is 0 Å². The molecule has 1 nitrogen and oxygen atoms in total. The van der Waals surface area contributed by atoms with Gasteiger partial charge < -0.3 is 4.74 Å². The summed E-state index contributed by atoms with van der Waals surface area (Å²) in [7, 11) is 0. The maximum Gasteiger partial charge on any atom is 0.573 e. The zero-order chi connectivity index (χ0) is 9.90.